The molecule has 0 saturated carbocycles. The zero-order valence-electron chi connectivity index (χ0n) is 23.8. The van der Waals surface area contributed by atoms with Crippen LogP contribution in [0.3, 0.4) is 0 Å². The Morgan fingerprint density at radius 3 is 2.28 bits per heavy atom. The van der Waals surface area contributed by atoms with Gasteiger partial charge in [-0.2, -0.15) is 0 Å². The predicted octanol–water partition coefficient (Wildman–Crippen LogP) is 3.25. The van der Waals surface area contributed by atoms with E-state index in [-0.39, 0.29) is 24.4 Å². The number of carbonyl (C=O) groups excluding carboxylic acids is 3. The summed E-state index contributed by atoms with van der Waals surface area (Å²) >= 11 is 1.50. The normalized spacial score (nSPS) is 18.7. The summed E-state index contributed by atoms with van der Waals surface area (Å²) in [5.41, 5.74) is 10.7. The van der Waals surface area contributed by atoms with Crippen molar-refractivity contribution < 1.29 is 19.5 Å². The molecule has 0 radical (unpaired) electrons. The van der Waals surface area contributed by atoms with Crippen molar-refractivity contribution in [3.8, 4) is 0 Å². The maximum atomic E-state index is 13.6. The number of hydrogen-bond donors (Lipinski definition) is 4. The molecule has 0 aliphatic heterocycles. The number of carbonyl (C=O) groups is 3. The lowest BCUT2D eigenvalue weighted by atomic mass is 9.65. The number of aliphatic hydroxyl groups is 1. The summed E-state index contributed by atoms with van der Waals surface area (Å²) < 4.78 is 0. The smallest absolute Gasteiger partial charge is 0.249 e. The van der Waals surface area contributed by atoms with E-state index in [1.54, 1.807) is 4.90 Å². The Balaban J connectivity index is 2.51. The highest BCUT2D eigenvalue weighted by atomic mass is 32.2. The van der Waals surface area contributed by atoms with Crippen molar-refractivity contribution in [1.29, 1.82) is 0 Å². The first-order chi connectivity index (χ1) is 18.5. The van der Waals surface area contributed by atoms with Gasteiger partial charge in [0.2, 0.25) is 17.7 Å². The largest absolute Gasteiger partial charge is 0.391 e. The predicted molar refractivity (Wildman–Crippen MR) is 158 cm³/mol. The first-order valence-electron chi connectivity index (χ1n) is 13.9. The average molecular weight is 559 g/mol. The number of rotatable bonds is 17. The van der Waals surface area contributed by atoms with E-state index in [1.807, 2.05) is 44.2 Å². The van der Waals surface area contributed by atoms with Crippen LogP contribution < -0.4 is 16.8 Å². The standard InChI is InChI=1S/C30H46N4O4S/c1-5-14-34(15-6-2)28(37)23-16-22(27(31)36)17-30(18-23,29(32)38)25(20-39-24-10-8-7-9-11-24)26(35)19-33-13-12-21(3)4/h7-11,16-17,21,25-26,33,35H,5-6,12-15,18-20H2,1-4H3,(H2,31,36)(H2,32,38)/t25-,26-,30?/m0/s1. The number of nitrogens with zero attached hydrogens (tertiary/aromatic N) is 1. The van der Waals surface area contributed by atoms with Crippen LogP contribution in [-0.4, -0.2) is 65.8 Å². The van der Waals surface area contributed by atoms with Crippen LogP contribution in [-0.2, 0) is 14.4 Å². The van der Waals surface area contributed by atoms with Crippen molar-refractivity contribution in [2.45, 2.75) is 64.4 Å². The summed E-state index contributed by atoms with van der Waals surface area (Å²) in [7, 11) is 0. The molecule has 1 aliphatic rings. The van der Waals surface area contributed by atoms with Crippen LogP contribution in [0.2, 0.25) is 0 Å². The molecule has 9 heteroatoms. The Morgan fingerprint density at radius 1 is 1.10 bits per heavy atom. The molecule has 2 rings (SSSR count). The van der Waals surface area contributed by atoms with Crippen molar-refractivity contribution >= 4 is 29.5 Å². The lowest BCUT2D eigenvalue weighted by molar-refractivity contribution is -0.131. The third-order valence-electron chi connectivity index (χ3n) is 7.07. The van der Waals surface area contributed by atoms with Crippen LogP contribution in [0.5, 0.6) is 0 Å². The monoisotopic (exact) mass is 558 g/mol. The summed E-state index contributed by atoms with van der Waals surface area (Å²) in [6.07, 6.45) is 4.48. The van der Waals surface area contributed by atoms with Gasteiger partial charge in [0, 0.05) is 47.3 Å². The van der Waals surface area contributed by atoms with Gasteiger partial charge in [-0.1, -0.05) is 52.0 Å². The van der Waals surface area contributed by atoms with Gasteiger partial charge in [-0.3, -0.25) is 14.4 Å². The van der Waals surface area contributed by atoms with Crippen LogP contribution >= 0.6 is 11.8 Å². The molecule has 216 valence electrons. The molecule has 0 aromatic heterocycles. The molecule has 0 heterocycles. The summed E-state index contributed by atoms with van der Waals surface area (Å²) in [5, 5.41) is 14.8. The highest BCUT2D eigenvalue weighted by molar-refractivity contribution is 7.99. The molecule has 6 N–H and O–H groups in total. The topological polar surface area (TPSA) is 139 Å². The van der Waals surface area contributed by atoms with E-state index in [0.29, 0.717) is 36.9 Å². The summed E-state index contributed by atoms with van der Waals surface area (Å²) in [6, 6.07) is 9.68. The molecule has 1 aromatic carbocycles. The highest BCUT2D eigenvalue weighted by Crippen LogP contribution is 2.45. The average Bonchev–Trinajstić information content (AvgIpc) is 2.90. The van der Waals surface area contributed by atoms with Crippen LogP contribution in [0.25, 0.3) is 0 Å². The highest BCUT2D eigenvalue weighted by Gasteiger charge is 2.49. The van der Waals surface area contributed by atoms with Crippen LogP contribution in [0.4, 0.5) is 0 Å². The minimum atomic E-state index is -1.48. The first-order valence-corrected chi connectivity index (χ1v) is 14.9. The van der Waals surface area contributed by atoms with E-state index >= 15 is 0 Å². The molecule has 39 heavy (non-hydrogen) atoms. The molecule has 1 unspecified atom stereocenters. The van der Waals surface area contributed by atoms with E-state index in [1.165, 1.54) is 23.9 Å². The van der Waals surface area contributed by atoms with Gasteiger partial charge >= 0.3 is 0 Å². The molecular formula is C30H46N4O4S. The van der Waals surface area contributed by atoms with Crippen LogP contribution in [0, 0.1) is 17.3 Å². The van der Waals surface area contributed by atoms with Crippen molar-refractivity contribution in [1.82, 2.24) is 10.2 Å². The Hall–Kier alpha value is -2.62. The fraction of sp³-hybridized carbons (Fsp3) is 0.567. The maximum absolute atomic E-state index is 13.6. The number of benzene rings is 1. The zero-order chi connectivity index (χ0) is 29.0. The van der Waals surface area contributed by atoms with Crippen molar-refractivity contribution in [2.24, 2.45) is 28.7 Å². The molecular weight excluding hydrogens is 512 g/mol. The second kappa shape index (κ2) is 15.8. The number of nitrogens with one attached hydrogen (secondary N) is 1. The third kappa shape index (κ3) is 9.22. The number of hydrogen-bond acceptors (Lipinski definition) is 6. The minimum absolute atomic E-state index is 0.00898. The van der Waals surface area contributed by atoms with Crippen molar-refractivity contribution in [3.05, 3.63) is 53.6 Å². The molecule has 8 nitrogen and oxygen atoms in total. The van der Waals surface area contributed by atoms with Crippen LogP contribution in [0.15, 0.2) is 58.5 Å². The van der Waals surface area contributed by atoms with Gasteiger partial charge in [-0.15, -0.1) is 11.8 Å². The van der Waals surface area contributed by atoms with E-state index in [9.17, 15) is 19.5 Å². The molecule has 0 fully saturated rings. The second-order valence-corrected chi connectivity index (χ2v) is 11.8. The fourth-order valence-corrected chi connectivity index (χ4v) is 6.17. The number of nitrogens with two attached hydrogens (primary N) is 2. The van der Waals surface area contributed by atoms with E-state index < -0.39 is 29.3 Å². The zero-order valence-corrected chi connectivity index (χ0v) is 24.6. The molecule has 3 amide bonds. The lowest BCUT2D eigenvalue weighted by Crippen LogP contribution is -2.52. The summed E-state index contributed by atoms with van der Waals surface area (Å²) in [5.74, 6) is -1.53. The number of amides is 3. The number of aliphatic hydroxyl groups excluding tert-OH is 1. The van der Waals surface area contributed by atoms with Gasteiger partial charge in [-0.25, -0.2) is 0 Å². The fourth-order valence-electron chi connectivity index (χ4n) is 4.93. The van der Waals surface area contributed by atoms with Gasteiger partial charge in [0.05, 0.1) is 11.5 Å². The Labute approximate surface area is 237 Å². The Kier molecular flexibility index (Phi) is 13.2. The van der Waals surface area contributed by atoms with Crippen molar-refractivity contribution in [2.75, 3.05) is 31.9 Å². The molecule has 0 bridgehead atoms. The first kappa shape index (κ1) is 32.6. The van der Waals surface area contributed by atoms with Crippen molar-refractivity contribution in [3.63, 3.8) is 0 Å². The van der Waals surface area contributed by atoms with Crippen LogP contribution in [0.1, 0.15) is 53.4 Å². The number of primary amides is 2. The molecule has 1 aromatic rings. The van der Waals surface area contributed by atoms with E-state index in [2.05, 4.69) is 19.2 Å². The van der Waals surface area contributed by atoms with Gasteiger partial charge in [0.1, 0.15) is 0 Å². The lowest BCUT2D eigenvalue weighted by Gasteiger charge is -2.41. The van der Waals surface area contributed by atoms with E-state index in [0.717, 1.165) is 24.2 Å². The molecule has 3 atom stereocenters. The molecule has 0 saturated heterocycles. The van der Waals surface area contributed by atoms with Gasteiger partial charge in [0.15, 0.2) is 0 Å². The SMILES string of the molecule is CCCN(CCC)C(=O)C1=CC(C(N)=O)=CC(C(N)=O)([C@@H](CSc2ccccc2)[C@@H](O)CNCCC(C)C)C1. The quantitative estimate of drug-likeness (QED) is 0.171. The second-order valence-electron chi connectivity index (χ2n) is 10.7. The maximum Gasteiger partial charge on any atom is 0.249 e. The summed E-state index contributed by atoms with van der Waals surface area (Å²) in [4.78, 5) is 42.2. The minimum Gasteiger partial charge on any atom is -0.391 e. The summed E-state index contributed by atoms with van der Waals surface area (Å²) in [6.45, 7) is 10.3. The molecule has 1 aliphatic carbocycles. The van der Waals surface area contributed by atoms with E-state index in [4.69, 9.17) is 11.5 Å². The Bertz CT molecular complexity index is 1020. The number of thioether (sulfide) groups is 1. The van der Waals surface area contributed by atoms with Gasteiger partial charge < -0.3 is 26.8 Å². The molecule has 0 spiro atoms. The van der Waals surface area contributed by atoms with Gasteiger partial charge in [0.25, 0.3) is 0 Å². The Morgan fingerprint density at radius 2 is 1.74 bits per heavy atom. The van der Waals surface area contributed by atoms with Gasteiger partial charge in [-0.05, 0) is 56.4 Å². The third-order valence-corrected chi connectivity index (χ3v) is 8.20.